The molecule has 0 radical (unpaired) electrons. The number of aliphatic hydroxyl groups is 2. The summed E-state index contributed by atoms with van der Waals surface area (Å²) in [6.07, 6.45) is 7.55. The lowest BCUT2D eigenvalue weighted by molar-refractivity contribution is -0.127. The lowest BCUT2D eigenvalue weighted by atomic mass is 9.89. The zero-order valence-corrected chi connectivity index (χ0v) is 17.7. The lowest BCUT2D eigenvalue weighted by Gasteiger charge is -2.19. The molecule has 29 heavy (non-hydrogen) atoms. The summed E-state index contributed by atoms with van der Waals surface area (Å²) in [4.78, 5) is 13.3. The average molecular weight is 399 g/mol. The molecule has 1 aromatic rings. The molecule has 3 N–H and O–H groups in total. The van der Waals surface area contributed by atoms with E-state index >= 15 is 0 Å². The van der Waals surface area contributed by atoms with Crippen molar-refractivity contribution < 1.29 is 15.0 Å². The molecule has 5 heteroatoms. The number of allylic oxidation sites excluding steroid dienone is 1. The summed E-state index contributed by atoms with van der Waals surface area (Å²) in [5.41, 5.74) is 3.63. The van der Waals surface area contributed by atoms with Gasteiger partial charge in [-0.2, -0.15) is 0 Å². The minimum absolute atomic E-state index is 0.0719. The molecule has 1 aromatic carbocycles. The number of rotatable bonds is 8. The highest BCUT2D eigenvalue weighted by Crippen LogP contribution is 2.47. The summed E-state index contributed by atoms with van der Waals surface area (Å²) in [5.74, 6) is 0.913. The number of aryl methyl sites for hydroxylation is 1. The van der Waals surface area contributed by atoms with E-state index in [2.05, 4.69) is 30.4 Å². The second kappa shape index (κ2) is 9.70. The number of nitrogens with zero attached hydrogens (tertiary/aromatic N) is 1. The predicted molar refractivity (Wildman–Crippen MR) is 115 cm³/mol. The Balaban J connectivity index is 1.51. The van der Waals surface area contributed by atoms with Crippen LogP contribution in [0.15, 0.2) is 48.1 Å². The maximum atomic E-state index is 11.7. The highest BCUT2D eigenvalue weighted by molar-refractivity contribution is 5.77. The minimum Gasteiger partial charge on any atom is -0.392 e. The van der Waals surface area contributed by atoms with Crippen molar-refractivity contribution in [1.29, 1.82) is 0 Å². The van der Waals surface area contributed by atoms with Crippen molar-refractivity contribution in [1.82, 2.24) is 10.2 Å². The molecule has 1 amide bonds. The lowest BCUT2D eigenvalue weighted by Crippen LogP contribution is -2.33. The van der Waals surface area contributed by atoms with Crippen molar-refractivity contribution in [2.75, 3.05) is 27.2 Å². The van der Waals surface area contributed by atoms with Gasteiger partial charge in [-0.3, -0.25) is 4.79 Å². The van der Waals surface area contributed by atoms with Crippen LogP contribution in [0.25, 0.3) is 0 Å². The van der Waals surface area contributed by atoms with Crippen LogP contribution < -0.4 is 5.32 Å². The molecule has 2 aliphatic carbocycles. The van der Waals surface area contributed by atoms with Gasteiger partial charge in [-0.1, -0.05) is 53.6 Å². The van der Waals surface area contributed by atoms with Gasteiger partial charge in [0.1, 0.15) is 0 Å². The molecule has 0 saturated heterocycles. The highest BCUT2D eigenvalue weighted by Gasteiger charge is 2.43. The van der Waals surface area contributed by atoms with E-state index in [1.54, 1.807) is 19.0 Å². The van der Waals surface area contributed by atoms with Crippen LogP contribution in [-0.2, 0) is 11.2 Å². The summed E-state index contributed by atoms with van der Waals surface area (Å²) in [7, 11) is 3.52. The van der Waals surface area contributed by atoms with Gasteiger partial charge in [0.15, 0.2) is 0 Å². The van der Waals surface area contributed by atoms with Gasteiger partial charge in [0.2, 0.25) is 5.91 Å². The fourth-order valence-corrected chi connectivity index (χ4v) is 4.63. The van der Waals surface area contributed by atoms with Crippen molar-refractivity contribution in [2.45, 2.75) is 38.4 Å². The Morgan fingerprint density at radius 2 is 2.17 bits per heavy atom. The number of aliphatic hydroxyl groups excluding tert-OH is 2. The van der Waals surface area contributed by atoms with E-state index in [0.29, 0.717) is 24.8 Å². The summed E-state index contributed by atoms with van der Waals surface area (Å²) < 4.78 is 0. The first kappa shape index (κ1) is 21.8. The van der Waals surface area contributed by atoms with Crippen LogP contribution in [0.3, 0.4) is 0 Å². The number of carbonyl (C=O) groups is 1. The monoisotopic (exact) mass is 398 g/mol. The van der Waals surface area contributed by atoms with Gasteiger partial charge < -0.3 is 20.4 Å². The molecule has 5 atom stereocenters. The zero-order chi connectivity index (χ0) is 21.0. The highest BCUT2D eigenvalue weighted by atomic mass is 16.3. The third-order valence-electron chi connectivity index (χ3n) is 6.16. The molecule has 0 aliphatic heterocycles. The van der Waals surface area contributed by atoms with Crippen LogP contribution in [0, 0.1) is 24.7 Å². The largest absolute Gasteiger partial charge is 0.392 e. The maximum absolute atomic E-state index is 11.7. The van der Waals surface area contributed by atoms with E-state index in [1.165, 1.54) is 11.1 Å². The summed E-state index contributed by atoms with van der Waals surface area (Å²) >= 11 is 0. The van der Waals surface area contributed by atoms with E-state index in [-0.39, 0.29) is 17.9 Å². The number of likely N-dealkylation sites (N-methyl/N-ethyl adjacent to an activating group) is 1. The van der Waals surface area contributed by atoms with Crippen LogP contribution in [0.4, 0.5) is 0 Å². The third kappa shape index (κ3) is 5.78. The summed E-state index contributed by atoms with van der Waals surface area (Å²) in [6.45, 7) is 3.11. The SMILES string of the molecule is Cc1cccc(C[C@@H](O)C=C[C@@H]2[C@H]3CC(CNCC(=O)N(C)C)=C[C@H]3C[C@H]2O)c1. The van der Waals surface area contributed by atoms with Crippen molar-refractivity contribution in [3.05, 3.63) is 59.2 Å². The van der Waals surface area contributed by atoms with Crippen LogP contribution in [0.1, 0.15) is 24.0 Å². The van der Waals surface area contributed by atoms with Gasteiger partial charge >= 0.3 is 0 Å². The molecule has 0 unspecified atom stereocenters. The molecule has 0 aromatic heterocycles. The van der Waals surface area contributed by atoms with Crippen molar-refractivity contribution in [3.8, 4) is 0 Å². The first-order chi connectivity index (χ1) is 13.8. The molecule has 1 saturated carbocycles. The van der Waals surface area contributed by atoms with E-state index in [0.717, 1.165) is 24.9 Å². The minimum atomic E-state index is -0.546. The van der Waals surface area contributed by atoms with E-state index in [4.69, 9.17) is 0 Å². The van der Waals surface area contributed by atoms with E-state index < -0.39 is 6.10 Å². The second-order valence-corrected chi connectivity index (χ2v) is 8.77. The molecule has 0 heterocycles. The normalized spacial score (nSPS) is 27.1. The van der Waals surface area contributed by atoms with Crippen LogP contribution in [0.2, 0.25) is 0 Å². The molecule has 2 aliphatic rings. The van der Waals surface area contributed by atoms with Gasteiger partial charge in [0, 0.05) is 33.0 Å². The van der Waals surface area contributed by atoms with Crippen molar-refractivity contribution in [3.63, 3.8) is 0 Å². The Morgan fingerprint density at radius 3 is 2.90 bits per heavy atom. The Hall–Kier alpha value is -1.95. The molecule has 1 fully saturated rings. The second-order valence-electron chi connectivity index (χ2n) is 8.77. The van der Waals surface area contributed by atoms with E-state index in [9.17, 15) is 15.0 Å². The van der Waals surface area contributed by atoms with Gasteiger partial charge in [0.25, 0.3) is 0 Å². The van der Waals surface area contributed by atoms with Gasteiger partial charge in [-0.05, 0) is 37.2 Å². The molecule has 158 valence electrons. The number of benzene rings is 1. The Bertz CT molecular complexity index is 771. The number of hydrogen-bond acceptors (Lipinski definition) is 4. The fourth-order valence-electron chi connectivity index (χ4n) is 4.63. The first-order valence-electron chi connectivity index (χ1n) is 10.5. The molecule has 5 nitrogen and oxygen atoms in total. The van der Waals surface area contributed by atoms with Gasteiger partial charge in [-0.15, -0.1) is 0 Å². The molecule has 3 rings (SSSR count). The number of carbonyl (C=O) groups excluding carboxylic acids is 1. The smallest absolute Gasteiger partial charge is 0.236 e. The summed E-state index contributed by atoms with van der Waals surface area (Å²) in [5, 5.41) is 24.1. The number of nitrogens with one attached hydrogen (secondary N) is 1. The van der Waals surface area contributed by atoms with Gasteiger partial charge in [0.05, 0.1) is 18.8 Å². The maximum Gasteiger partial charge on any atom is 0.236 e. The zero-order valence-electron chi connectivity index (χ0n) is 17.7. The Labute approximate surface area is 174 Å². The topological polar surface area (TPSA) is 72.8 Å². The number of amides is 1. The number of fused-ring (bicyclic) bond motifs is 1. The number of hydrogen-bond donors (Lipinski definition) is 3. The Morgan fingerprint density at radius 1 is 1.38 bits per heavy atom. The molecular weight excluding hydrogens is 364 g/mol. The predicted octanol–water partition coefficient (Wildman–Crippen LogP) is 2.08. The van der Waals surface area contributed by atoms with Crippen LogP contribution in [0.5, 0.6) is 0 Å². The fraction of sp³-hybridized carbons (Fsp3) is 0.542. The average Bonchev–Trinajstić information content (AvgIpc) is 3.16. The third-order valence-corrected chi connectivity index (χ3v) is 6.16. The van der Waals surface area contributed by atoms with E-state index in [1.807, 2.05) is 24.3 Å². The first-order valence-corrected chi connectivity index (χ1v) is 10.5. The molecular formula is C24H34N2O3. The summed E-state index contributed by atoms with van der Waals surface area (Å²) in [6, 6.07) is 8.19. The standard InChI is InChI=1S/C24H34N2O3/c1-16-5-4-6-17(9-16)11-20(27)7-8-21-22-12-18(10-19(22)13-23(21)28)14-25-15-24(29)26(2)3/h4-10,19-23,25,27-28H,11-15H2,1-3H3/t19-,20-,21+,22-,23+/m0/s1. The van der Waals surface area contributed by atoms with Gasteiger partial charge in [-0.25, -0.2) is 0 Å². The molecule has 0 bridgehead atoms. The van der Waals surface area contributed by atoms with Crippen LogP contribution >= 0.6 is 0 Å². The quantitative estimate of drug-likeness (QED) is 0.586. The van der Waals surface area contributed by atoms with Crippen LogP contribution in [-0.4, -0.2) is 60.4 Å². The van der Waals surface area contributed by atoms with Crippen molar-refractivity contribution in [2.24, 2.45) is 17.8 Å². The van der Waals surface area contributed by atoms with Crippen molar-refractivity contribution >= 4 is 5.91 Å². The molecule has 0 spiro atoms. The Kier molecular flexibility index (Phi) is 7.28.